The normalized spacial score (nSPS) is 13.8. The number of amides is 1. The van der Waals surface area contributed by atoms with Crippen LogP contribution in [-0.4, -0.2) is 29.8 Å². The van der Waals surface area contributed by atoms with Gasteiger partial charge in [-0.25, -0.2) is 4.79 Å². The Bertz CT molecular complexity index is 450. The van der Waals surface area contributed by atoms with E-state index >= 15 is 0 Å². The highest BCUT2D eigenvalue weighted by atomic mass is 16.5. The van der Waals surface area contributed by atoms with Crippen LogP contribution in [0.25, 0.3) is 0 Å². The number of rotatable bonds is 2. The second-order valence-corrected chi connectivity index (χ2v) is 3.45. The van der Waals surface area contributed by atoms with Crippen LogP contribution < -0.4 is 10.7 Å². The second-order valence-electron chi connectivity index (χ2n) is 3.45. The lowest BCUT2D eigenvalue weighted by Gasteiger charge is -2.18. The summed E-state index contributed by atoms with van der Waals surface area (Å²) in [7, 11) is 0. The molecule has 86 valence electrons. The van der Waals surface area contributed by atoms with E-state index < -0.39 is 5.97 Å². The molecule has 1 aromatic heterocycles. The average Bonchev–Trinajstić information content (AvgIpc) is 2.58. The molecule has 0 saturated carbocycles. The van der Waals surface area contributed by atoms with E-state index in [1.165, 1.54) is 0 Å². The van der Waals surface area contributed by atoms with Gasteiger partial charge < -0.3 is 15.5 Å². The minimum absolute atomic E-state index is 0.188. The zero-order valence-electron chi connectivity index (χ0n) is 9.16. The Balaban J connectivity index is 2.42. The summed E-state index contributed by atoms with van der Waals surface area (Å²) < 4.78 is 6.47. The lowest BCUT2D eigenvalue weighted by atomic mass is 10.1. The number of hydrogen-bond acceptors (Lipinski definition) is 4. The van der Waals surface area contributed by atoms with Crippen LogP contribution in [0.4, 0.5) is 0 Å². The number of hydrogen-bond donors (Lipinski definition) is 2. The maximum atomic E-state index is 11.6. The van der Waals surface area contributed by atoms with E-state index in [2.05, 4.69) is 10.7 Å². The predicted molar refractivity (Wildman–Crippen MR) is 56.8 cm³/mol. The molecule has 0 bridgehead atoms. The molecular formula is C10H13N3O3. The van der Waals surface area contributed by atoms with Crippen molar-refractivity contribution in [3.63, 3.8) is 0 Å². The first-order valence-corrected chi connectivity index (χ1v) is 5.06. The predicted octanol–water partition coefficient (Wildman–Crippen LogP) is 0.218. The highest BCUT2D eigenvalue weighted by Gasteiger charge is 2.25. The molecule has 2 heterocycles. The van der Waals surface area contributed by atoms with Gasteiger partial charge in [0.2, 0.25) is 0 Å². The van der Waals surface area contributed by atoms with E-state index in [-0.39, 0.29) is 5.91 Å². The maximum Gasteiger partial charge on any atom is 0.340 e. The van der Waals surface area contributed by atoms with Gasteiger partial charge in [-0.05, 0) is 19.4 Å². The molecular weight excluding hydrogens is 210 g/mol. The minimum Gasteiger partial charge on any atom is -0.462 e. The van der Waals surface area contributed by atoms with Crippen LogP contribution in [-0.2, 0) is 4.74 Å². The van der Waals surface area contributed by atoms with Crippen molar-refractivity contribution < 1.29 is 14.3 Å². The molecule has 1 aliphatic rings. The minimum atomic E-state index is -0.406. The van der Waals surface area contributed by atoms with Gasteiger partial charge in [0.25, 0.3) is 5.91 Å². The standard InChI is InChI=1S/C10H13N3O3/c1-3-16-10(15)7-4-13-8(6(7)2)9(14)11-5-12-13/h4,12H,3,5H2,1-2H3,(H,11,14). The van der Waals surface area contributed by atoms with Crippen molar-refractivity contribution in [3.05, 3.63) is 23.0 Å². The first-order chi connectivity index (χ1) is 7.65. The van der Waals surface area contributed by atoms with Crippen molar-refractivity contribution in [2.75, 3.05) is 18.7 Å². The van der Waals surface area contributed by atoms with Crippen LogP contribution in [0.15, 0.2) is 6.20 Å². The van der Waals surface area contributed by atoms with E-state index in [9.17, 15) is 9.59 Å². The molecule has 0 aliphatic carbocycles. The summed E-state index contributed by atoms with van der Waals surface area (Å²) >= 11 is 0. The topological polar surface area (TPSA) is 72.4 Å². The van der Waals surface area contributed by atoms with Crippen LogP contribution in [0, 0.1) is 6.92 Å². The Kier molecular flexibility index (Phi) is 2.55. The Morgan fingerprint density at radius 1 is 1.62 bits per heavy atom. The van der Waals surface area contributed by atoms with Gasteiger partial charge in [0.05, 0.1) is 12.2 Å². The van der Waals surface area contributed by atoms with Gasteiger partial charge in [-0.15, -0.1) is 0 Å². The number of ether oxygens (including phenoxy) is 1. The van der Waals surface area contributed by atoms with Crippen LogP contribution in [0.3, 0.4) is 0 Å². The quantitative estimate of drug-likeness (QED) is 0.703. The monoisotopic (exact) mass is 223 g/mol. The molecule has 6 heteroatoms. The first-order valence-electron chi connectivity index (χ1n) is 5.06. The van der Waals surface area contributed by atoms with Gasteiger partial charge in [-0.3, -0.25) is 9.47 Å². The van der Waals surface area contributed by atoms with Gasteiger partial charge in [0.1, 0.15) is 12.4 Å². The van der Waals surface area contributed by atoms with Crippen molar-refractivity contribution >= 4 is 11.9 Å². The molecule has 1 amide bonds. The zero-order valence-corrected chi connectivity index (χ0v) is 9.16. The van der Waals surface area contributed by atoms with Gasteiger partial charge >= 0.3 is 5.97 Å². The van der Waals surface area contributed by atoms with E-state index in [0.717, 1.165) is 0 Å². The van der Waals surface area contributed by atoms with Crippen LogP contribution in [0.5, 0.6) is 0 Å². The van der Waals surface area contributed by atoms with Crippen molar-refractivity contribution in [2.45, 2.75) is 13.8 Å². The summed E-state index contributed by atoms with van der Waals surface area (Å²) in [5.74, 6) is -0.594. The van der Waals surface area contributed by atoms with Crippen LogP contribution in [0.2, 0.25) is 0 Å². The van der Waals surface area contributed by atoms with Gasteiger partial charge in [0.15, 0.2) is 0 Å². The molecule has 0 fully saturated rings. The molecule has 0 spiro atoms. The molecule has 2 N–H and O–H groups in total. The molecule has 6 nitrogen and oxygen atoms in total. The summed E-state index contributed by atoms with van der Waals surface area (Å²) in [5, 5.41) is 2.64. The smallest absolute Gasteiger partial charge is 0.340 e. The highest BCUT2D eigenvalue weighted by molar-refractivity contribution is 6.00. The number of carbonyl (C=O) groups excluding carboxylic acids is 2. The third-order valence-electron chi connectivity index (χ3n) is 2.47. The number of esters is 1. The Hall–Kier alpha value is -1.98. The molecule has 1 aliphatic heterocycles. The number of nitrogens with one attached hydrogen (secondary N) is 2. The molecule has 0 radical (unpaired) electrons. The Morgan fingerprint density at radius 2 is 2.38 bits per heavy atom. The number of nitrogens with zero attached hydrogens (tertiary/aromatic N) is 1. The summed E-state index contributed by atoms with van der Waals surface area (Å²) in [6, 6.07) is 0. The molecule has 0 aromatic carbocycles. The summed E-state index contributed by atoms with van der Waals surface area (Å²) in [6.45, 7) is 4.14. The maximum absolute atomic E-state index is 11.6. The highest BCUT2D eigenvalue weighted by Crippen LogP contribution is 2.18. The Morgan fingerprint density at radius 3 is 3.00 bits per heavy atom. The Labute approximate surface area is 92.5 Å². The zero-order chi connectivity index (χ0) is 11.7. The van der Waals surface area contributed by atoms with E-state index in [1.54, 1.807) is 24.7 Å². The van der Waals surface area contributed by atoms with Crippen molar-refractivity contribution in [3.8, 4) is 0 Å². The molecule has 1 aromatic rings. The average molecular weight is 223 g/mol. The molecule has 0 unspecified atom stereocenters. The fraction of sp³-hybridized carbons (Fsp3) is 0.400. The fourth-order valence-corrected chi connectivity index (χ4v) is 1.71. The van der Waals surface area contributed by atoms with Crippen LogP contribution in [0.1, 0.15) is 33.3 Å². The summed E-state index contributed by atoms with van der Waals surface area (Å²) in [6.07, 6.45) is 1.58. The third-order valence-corrected chi connectivity index (χ3v) is 2.47. The van der Waals surface area contributed by atoms with Crippen molar-refractivity contribution in [1.29, 1.82) is 0 Å². The molecule has 16 heavy (non-hydrogen) atoms. The lowest BCUT2D eigenvalue weighted by Crippen LogP contribution is -2.41. The second kappa shape index (κ2) is 3.88. The van der Waals surface area contributed by atoms with E-state index in [4.69, 9.17) is 4.74 Å². The third kappa shape index (κ3) is 1.52. The van der Waals surface area contributed by atoms with Crippen molar-refractivity contribution in [1.82, 2.24) is 9.99 Å². The van der Waals surface area contributed by atoms with E-state index in [1.807, 2.05) is 0 Å². The number of aromatic nitrogens is 1. The number of fused-ring (bicyclic) bond motifs is 1. The van der Waals surface area contributed by atoms with Gasteiger partial charge in [0, 0.05) is 6.20 Å². The first kappa shape index (κ1) is 10.5. The lowest BCUT2D eigenvalue weighted by molar-refractivity contribution is 0.0525. The number of carbonyl (C=O) groups is 2. The SMILES string of the molecule is CCOC(=O)c1cn2c(c1C)C(=O)NCN2. The molecule has 2 rings (SSSR count). The van der Waals surface area contributed by atoms with Crippen molar-refractivity contribution in [2.24, 2.45) is 0 Å². The van der Waals surface area contributed by atoms with Crippen LogP contribution >= 0.6 is 0 Å². The molecule has 0 atom stereocenters. The molecule has 0 saturated heterocycles. The summed E-state index contributed by atoms with van der Waals surface area (Å²) in [5.41, 5.74) is 4.43. The summed E-state index contributed by atoms with van der Waals surface area (Å²) in [4.78, 5) is 23.2. The van der Waals surface area contributed by atoms with E-state index in [0.29, 0.717) is 30.1 Å². The largest absolute Gasteiger partial charge is 0.462 e. The fourth-order valence-electron chi connectivity index (χ4n) is 1.71. The van der Waals surface area contributed by atoms with Gasteiger partial charge in [-0.2, -0.15) is 0 Å². The van der Waals surface area contributed by atoms with Gasteiger partial charge in [-0.1, -0.05) is 0 Å².